The van der Waals surface area contributed by atoms with Crippen LogP contribution in [0.4, 0.5) is 5.69 Å². The summed E-state index contributed by atoms with van der Waals surface area (Å²) >= 11 is 0. The fraction of sp³-hybridized carbons (Fsp3) is 0.333. The molecule has 0 atom stereocenters. The van der Waals surface area contributed by atoms with E-state index < -0.39 is 12.6 Å². The number of carbonyl (C=O) groups is 2. The first-order valence-corrected chi connectivity index (χ1v) is 9.02. The largest absolute Gasteiger partial charge is 0.490 e. The first-order chi connectivity index (χ1) is 13.4. The van der Waals surface area contributed by atoms with Gasteiger partial charge in [0.1, 0.15) is 0 Å². The Morgan fingerprint density at radius 1 is 1.07 bits per heavy atom. The van der Waals surface area contributed by atoms with E-state index in [0.717, 1.165) is 5.56 Å². The molecule has 0 heterocycles. The molecule has 0 radical (unpaired) electrons. The molecule has 28 heavy (non-hydrogen) atoms. The van der Waals surface area contributed by atoms with Gasteiger partial charge in [-0.1, -0.05) is 12.1 Å². The SMILES string of the molecule is CCOc1cc(C(=O)Nc2cccc(COC(C)C)c2)ccc1OCC(=O)O. The van der Waals surface area contributed by atoms with Crippen molar-refractivity contribution >= 4 is 17.6 Å². The molecule has 0 spiro atoms. The minimum absolute atomic E-state index is 0.122. The zero-order chi connectivity index (χ0) is 20.5. The van der Waals surface area contributed by atoms with Crippen LogP contribution in [0.1, 0.15) is 36.7 Å². The minimum Gasteiger partial charge on any atom is -0.490 e. The first kappa shape index (κ1) is 21.2. The van der Waals surface area contributed by atoms with Gasteiger partial charge in [0.2, 0.25) is 0 Å². The van der Waals surface area contributed by atoms with Gasteiger partial charge in [-0.3, -0.25) is 4.79 Å². The van der Waals surface area contributed by atoms with Crippen LogP contribution in [0.25, 0.3) is 0 Å². The van der Waals surface area contributed by atoms with E-state index >= 15 is 0 Å². The molecule has 2 rings (SSSR count). The number of carbonyl (C=O) groups excluding carboxylic acids is 1. The van der Waals surface area contributed by atoms with Crippen LogP contribution < -0.4 is 14.8 Å². The summed E-state index contributed by atoms with van der Waals surface area (Å²) in [6.07, 6.45) is 0.122. The van der Waals surface area contributed by atoms with E-state index in [0.29, 0.717) is 30.2 Å². The molecule has 0 saturated heterocycles. The molecule has 0 bridgehead atoms. The molecule has 0 saturated carbocycles. The van der Waals surface area contributed by atoms with Gasteiger partial charge in [0.25, 0.3) is 5.91 Å². The highest BCUT2D eigenvalue weighted by Crippen LogP contribution is 2.29. The Bertz CT molecular complexity index is 818. The summed E-state index contributed by atoms with van der Waals surface area (Å²) in [5.74, 6) is -0.817. The smallest absolute Gasteiger partial charge is 0.341 e. The Morgan fingerprint density at radius 2 is 1.86 bits per heavy atom. The molecular weight excluding hydrogens is 362 g/mol. The Kier molecular flexibility index (Phi) is 7.83. The summed E-state index contributed by atoms with van der Waals surface area (Å²) in [7, 11) is 0. The molecule has 0 aliphatic carbocycles. The standard InChI is InChI=1S/C21H25NO6/c1-4-26-19-11-16(8-9-18(19)28-13-20(23)24)21(25)22-17-7-5-6-15(10-17)12-27-14(2)3/h5-11,14H,4,12-13H2,1-3H3,(H,22,25)(H,23,24). The van der Waals surface area contributed by atoms with Crippen molar-refractivity contribution in [3.05, 3.63) is 53.6 Å². The van der Waals surface area contributed by atoms with E-state index in [1.54, 1.807) is 19.1 Å². The van der Waals surface area contributed by atoms with Crippen molar-refractivity contribution in [3.8, 4) is 11.5 Å². The molecule has 7 heteroatoms. The van der Waals surface area contributed by atoms with Crippen LogP contribution in [0.5, 0.6) is 11.5 Å². The van der Waals surface area contributed by atoms with Crippen molar-refractivity contribution in [2.24, 2.45) is 0 Å². The molecule has 2 aromatic rings. The third kappa shape index (κ3) is 6.59. The number of aliphatic carboxylic acids is 1. The molecule has 150 valence electrons. The molecular formula is C21H25NO6. The highest BCUT2D eigenvalue weighted by Gasteiger charge is 2.13. The number of carboxylic acids is 1. The number of rotatable bonds is 10. The summed E-state index contributed by atoms with van der Waals surface area (Å²) in [5, 5.41) is 11.6. The van der Waals surface area contributed by atoms with Gasteiger partial charge in [-0.15, -0.1) is 0 Å². The van der Waals surface area contributed by atoms with Crippen LogP contribution in [0, 0.1) is 0 Å². The highest BCUT2D eigenvalue weighted by atomic mass is 16.5. The third-order valence-corrected chi connectivity index (χ3v) is 3.63. The topological polar surface area (TPSA) is 94.1 Å². The molecule has 7 nitrogen and oxygen atoms in total. The van der Waals surface area contributed by atoms with Gasteiger partial charge in [0, 0.05) is 11.3 Å². The Hall–Kier alpha value is -3.06. The van der Waals surface area contributed by atoms with Crippen molar-refractivity contribution in [2.75, 3.05) is 18.5 Å². The maximum Gasteiger partial charge on any atom is 0.341 e. The lowest BCUT2D eigenvalue weighted by atomic mass is 10.1. The number of anilines is 1. The zero-order valence-electron chi connectivity index (χ0n) is 16.2. The van der Waals surface area contributed by atoms with Crippen LogP contribution in [-0.4, -0.2) is 36.3 Å². The molecule has 0 aliphatic rings. The number of ether oxygens (including phenoxy) is 3. The maximum atomic E-state index is 12.6. The summed E-state index contributed by atoms with van der Waals surface area (Å²) in [6, 6.07) is 12.0. The van der Waals surface area contributed by atoms with E-state index in [9.17, 15) is 9.59 Å². The van der Waals surface area contributed by atoms with E-state index in [1.807, 2.05) is 32.0 Å². The summed E-state index contributed by atoms with van der Waals surface area (Å²) in [5.41, 5.74) is 1.98. The lowest BCUT2D eigenvalue weighted by molar-refractivity contribution is -0.139. The van der Waals surface area contributed by atoms with E-state index in [4.69, 9.17) is 19.3 Å². The summed E-state index contributed by atoms with van der Waals surface area (Å²) in [4.78, 5) is 23.3. The van der Waals surface area contributed by atoms with E-state index in [-0.39, 0.29) is 17.8 Å². The molecule has 0 unspecified atom stereocenters. The van der Waals surface area contributed by atoms with Gasteiger partial charge in [0.15, 0.2) is 18.1 Å². The molecule has 0 fully saturated rings. The Morgan fingerprint density at radius 3 is 2.54 bits per heavy atom. The van der Waals surface area contributed by atoms with Crippen LogP contribution >= 0.6 is 0 Å². The monoisotopic (exact) mass is 387 g/mol. The van der Waals surface area contributed by atoms with Crippen molar-refractivity contribution in [1.82, 2.24) is 0 Å². The van der Waals surface area contributed by atoms with Crippen LogP contribution in [0.3, 0.4) is 0 Å². The lowest BCUT2D eigenvalue weighted by Gasteiger charge is -2.13. The number of nitrogens with one attached hydrogen (secondary N) is 1. The second kappa shape index (κ2) is 10.3. The van der Waals surface area contributed by atoms with Crippen molar-refractivity contribution in [1.29, 1.82) is 0 Å². The first-order valence-electron chi connectivity index (χ1n) is 9.02. The highest BCUT2D eigenvalue weighted by molar-refractivity contribution is 6.04. The summed E-state index contributed by atoms with van der Waals surface area (Å²) in [6.45, 7) is 6.05. The second-order valence-electron chi connectivity index (χ2n) is 6.29. The normalized spacial score (nSPS) is 10.6. The number of hydrogen-bond acceptors (Lipinski definition) is 5. The van der Waals surface area contributed by atoms with Gasteiger partial charge in [-0.05, 0) is 56.7 Å². The van der Waals surface area contributed by atoms with Gasteiger partial charge < -0.3 is 24.6 Å². The van der Waals surface area contributed by atoms with Crippen molar-refractivity contribution < 1.29 is 28.9 Å². The van der Waals surface area contributed by atoms with E-state index in [1.165, 1.54) is 12.1 Å². The fourth-order valence-electron chi connectivity index (χ4n) is 2.38. The lowest BCUT2D eigenvalue weighted by Crippen LogP contribution is -2.14. The van der Waals surface area contributed by atoms with E-state index in [2.05, 4.69) is 5.32 Å². The number of carboxylic acid groups (broad SMARTS) is 1. The second-order valence-corrected chi connectivity index (χ2v) is 6.29. The van der Waals surface area contributed by atoms with Crippen LogP contribution in [0.2, 0.25) is 0 Å². The van der Waals surface area contributed by atoms with Crippen molar-refractivity contribution in [3.63, 3.8) is 0 Å². The summed E-state index contributed by atoms with van der Waals surface area (Å²) < 4.78 is 16.2. The molecule has 1 amide bonds. The molecule has 0 aliphatic heterocycles. The quantitative estimate of drug-likeness (QED) is 0.645. The average Bonchev–Trinajstić information content (AvgIpc) is 2.65. The van der Waals surface area contributed by atoms with Gasteiger partial charge in [-0.2, -0.15) is 0 Å². The van der Waals surface area contributed by atoms with Crippen LogP contribution in [-0.2, 0) is 16.1 Å². The van der Waals surface area contributed by atoms with Gasteiger partial charge in [0.05, 0.1) is 19.3 Å². The van der Waals surface area contributed by atoms with Gasteiger partial charge in [-0.25, -0.2) is 4.79 Å². The van der Waals surface area contributed by atoms with Crippen molar-refractivity contribution in [2.45, 2.75) is 33.5 Å². The fourth-order valence-corrected chi connectivity index (χ4v) is 2.38. The molecule has 2 aromatic carbocycles. The molecule has 0 aromatic heterocycles. The maximum absolute atomic E-state index is 12.6. The predicted molar refractivity (Wildman–Crippen MR) is 105 cm³/mol. The Balaban J connectivity index is 2.12. The molecule has 2 N–H and O–H groups in total. The van der Waals surface area contributed by atoms with Crippen LogP contribution in [0.15, 0.2) is 42.5 Å². The minimum atomic E-state index is -1.09. The van der Waals surface area contributed by atoms with Gasteiger partial charge >= 0.3 is 5.97 Å². The third-order valence-electron chi connectivity index (χ3n) is 3.63. The number of amides is 1. The zero-order valence-corrected chi connectivity index (χ0v) is 16.2. The predicted octanol–water partition coefficient (Wildman–Crippen LogP) is 3.73. The average molecular weight is 387 g/mol. The number of benzene rings is 2. The Labute approximate surface area is 164 Å². The number of hydrogen-bond donors (Lipinski definition) is 2.